The second-order valence-electron chi connectivity index (χ2n) is 10.7. The maximum atomic E-state index is 13.9. The van der Waals surface area contributed by atoms with Crippen molar-refractivity contribution in [2.45, 2.75) is 83.0 Å². The molecule has 2 aliphatic carbocycles. The van der Waals surface area contributed by atoms with Crippen LogP contribution >= 0.6 is 0 Å². The van der Waals surface area contributed by atoms with Crippen LogP contribution in [0.2, 0.25) is 0 Å². The van der Waals surface area contributed by atoms with Gasteiger partial charge in [0.2, 0.25) is 5.91 Å². The largest absolute Gasteiger partial charge is 0.573 e. The Kier molecular flexibility index (Phi) is 8.24. The molecular weight excluding hydrogens is 544 g/mol. The zero-order valence-corrected chi connectivity index (χ0v) is 22.7. The predicted molar refractivity (Wildman–Crippen MR) is 141 cm³/mol. The fourth-order valence-electron chi connectivity index (χ4n) is 6.27. The summed E-state index contributed by atoms with van der Waals surface area (Å²) in [6.45, 7) is 1.21. The highest BCUT2D eigenvalue weighted by atomic mass is 19.4. The second kappa shape index (κ2) is 11.7. The van der Waals surface area contributed by atoms with Gasteiger partial charge < -0.3 is 19.3 Å². The number of hydrogen-bond acceptors (Lipinski definition) is 5. The van der Waals surface area contributed by atoms with Gasteiger partial charge in [-0.3, -0.25) is 14.4 Å². The smallest absolute Gasteiger partial charge is 0.466 e. The number of nitrogens with zero attached hydrogens (tertiary/aromatic N) is 2. The van der Waals surface area contributed by atoms with Gasteiger partial charge in [-0.25, -0.2) is 4.39 Å². The van der Waals surface area contributed by atoms with E-state index in [9.17, 15) is 31.9 Å². The van der Waals surface area contributed by atoms with Crippen LogP contribution in [0.5, 0.6) is 5.75 Å². The van der Waals surface area contributed by atoms with Crippen LogP contribution in [-0.2, 0) is 21.0 Å². The van der Waals surface area contributed by atoms with Crippen LogP contribution in [-0.4, -0.2) is 47.7 Å². The molecule has 0 bridgehead atoms. The highest BCUT2D eigenvalue weighted by molar-refractivity contribution is 6.07. The quantitative estimate of drug-likeness (QED) is 0.260. The van der Waals surface area contributed by atoms with Gasteiger partial charge in [0.1, 0.15) is 12.4 Å². The van der Waals surface area contributed by atoms with E-state index in [2.05, 4.69) is 4.74 Å². The zero-order chi connectivity index (χ0) is 29.3. The van der Waals surface area contributed by atoms with Crippen molar-refractivity contribution in [3.8, 4) is 5.75 Å². The van der Waals surface area contributed by atoms with Gasteiger partial charge in [0, 0.05) is 35.7 Å². The average molecular weight is 577 g/mol. The van der Waals surface area contributed by atoms with E-state index in [4.69, 9.17) is 4.74 Å². The highest BCUT2D eigenvalue weighted by Gasteiger charge is 2.51. The summed E-state index contributed by atoms with van der Waals surface area (Å²) in [6, 6.07) is 9.15. The van der Waals surface area contributed by atoms with Crippen LogP contribution in [0.1, 0.15) is 79.4 Å². The van der Waals surface area contributed by atoms with Crippen molar-refractivity contribution in [3.05, 3.63) is 59.2 Å². The molecule has 0 aromatic heterocycles. The summed E-state index contributed by atoms with van der Waals surface area (Å²) in [4.78, 5) is 43.1. The molecule has 3 atom stereocenters. The van der Waals surface area contributed by atoms with E-state index in [1.54, 1.807) is 30.0 Å². The van der Waals surface area contributed by atoms with E-state index in [1.807, 2.05) is 4.90 Å². The standard InChI is InChI=1S/C30H32F4N2O5/c1-2-40-27(38)15-14-26(37)35(20-9-10-20)28-22-4-3-5-24(22)36(25-13-6-18(17-31)16-23(25)28)29(39)19-7-11-21(12-8-19)41-30(32,33)34/h6-8,11-13,16,20,22,24,28H,2-5,9-10,14-15,17H2,1H3. The van der Waals surface area contributed by atoms with Crippen LogP contribution in [0.3, 0.4) is 0 Å². The number of carbonyl (C=O) groups excluding carboxylic acids is 3. The van der Waals surface area contributed by atoms with Crippen molar-refractivity contribution < 1.29 is 41.4 Å². The Hall–Kier alpha value is -3.63. The summed E-state index contributed by atoms with van der Waals surface area (Å²) >= 11 is 0. The molecule has 11 heteroatoms. The minimum atomic E-state index is -4.85. The first-order chi connectivity index (χ1) is 19.6. The van der Waals surface area contributed by atoms with Crippen LogP contribution in [0.4, 0.5) is 23.2 Å². The molecule has 1 heterocycles. The summed E-state index contributed by atoms with van der Waals surface area (Å²) in [5.74, 6) is -1.56. The molecule has 220 valence electrons. The number of halogens is 4. The third-order valence-corrected chi connectivity index (χ3v) is 8.02. The van der Waals surface area contributed by atoms with Crippen LogP contribution < -0.4 is 9.64 Å². The van der Waals surface area contributed by atoms with Crippen LogP contribution in [0.25, 0.3) is 0 Å². The molecule has 1 aliphatic heterocycles. The van der Waals surface area contributed by atoms with Crippen molar-refractivity contribution in [1.29, 1.82) is 0 Å². The molecule has 0 N–H and O–H groups in total. The van der Waals surface area contributed by atoms with Gasteiger partial charge in [0.05, 0.1) is 19.1 Å². The van der Waals surface area contributed by atoms with Crippen molar-refractivity contribution >= 4 is 23.5 Å². The average Bonchev–Trinajstić information content (AvgIpc) is 3.66. The van der Waals surface area contributed by atoms with E-state index >= 15 is 0 Å². The number of amides is 2. The van der Waals surface area contributed by atoms with Gasteiger partial charge in [-0.2, -0.15) is 0 Å². The molecule has 2 fully saturated rings. The minimum Gasteiger partial charge on any atom is -0.466 e. The third kappa shape index (κ3) is 6.18. The SMILES string of the molecule is CCOC(=O)CCC(=O)N(C1CC1)C1c2cc(CF)ccc2N(C(=O)c2ccc(OC(F)(F)F)cc2)C2CCCC21. The van der Waals surface area contributed by atoms with Gasteiger partial charge in [-0.15, -0.1) is 13.2 Å². The Morgan fingerprint density at radius 2 is 1.73 bits per heavy atom. The van der Waals surface area contributed by atoms with Gasteiger partial charge >= 0.3 is 12.3 Å². The zero-order valence-electron chi connectivity index (χ0n) is 22.7. The number of fused-ring (bicyclic) bond motifs is 2. The second-order valence-corrected chi connectivity index (χ2v) is 10.7. The Morgan fingerprint density at radius 1 is 1.00 bits per heavy atom. The Morgan fingerprint density at radius 3 is 2.37 bits per heavy atom. The van der Waals surface area contributed by atoms with Gasteiger partial charge in [-0.1, -0.05) is 12.5 Å². The molecule has 7 nitrogen and oxygen atoms in total. The molecule has 2 amide bonds. The molecule has 3 aliphatic rings. The number of rotatable bonds is 9. The predicted octanol–water partition coefficient (Wildman–Crippen LogP) is 6.26. The van der Waals surface area contributed by atoms with Crippen LogP contribution in [0.15, 0.2) is 42.5 Å². The Bertz CT molecular complexity index is 1290. The van der Waals surface area contributed by atoms with E-state index in [0.717, 1.165) is 37.8 Å². The first kappa shape index (κ1) is 28.9. The molecule has 2 saturated carbocycles. The maximum absolute atomic E-state index is 13.9. The number of ether oxygens (including phenoxy) is 2. The third-order valence-electron chi connectivity index (χ3n) is 8.02. The van der Waals surface area contributed by atoms with E-state index in [-0.39, 0.29) is 54.8 Å². The normalized spacial score (nSPS) is 21.6. The molecule has 0 saturated heterocycles. The summed E-state index contributed by atoms with van der Waals surface area (Å²) in [7, 11) is 0. The Balaban J connectivity index is 1.50. The first-order valence-electron chi connectivity index (χ1n) is 14.0. The fourth-order valence-corrected chi connectivity index (χ4v) is 6.27. The highest BCUT2D eigenvalue weighted by Crippen LogP contribution is 2.53. The molecule has 0 spiro atoms. The van der Waals surface area contributed by atoms with Crippen molar-refractivity contribution in [2.75, 3.05) is 11.5 Å². The molecule has 0 radical (unpaired) electrons. The van der Waals surface area contributed by atoms with E-state index < -0.39 is 30.8 Å². The lowest BCUT2D eigenvalue weighted by molar-refractivity contribution is -0.274. The molecule has 3 unspecified atom stereocenters. The summed E-state index contributed by atoms with van der Waals surface area (Å²) in [6.07, 6.45) is -0.999. The molecular formula is C30H32F4N2O5. The van der Waals surface area contributed by atoms with Crippen molar-refractivity contribution in [2.24, 2.45) is 5.92 Å². The van der Waals surface area contributed by atoms with Gasteiger partial charge in [0.25, 0.3) is 5.91 Å². The topological polar surface area (TPSA) is 76.2 Å². The molecule has 41 heavy (non-hydrogen) atoms. The Labute approximate surface area is 235 Å². The molecule has 2 aromatic rings. The number of alkyl halides is 4. The molecule has 5 rings (SSSR count). The molecule has 2 aromatic carbocycles. The van der Waals surface area contributed by atoms with Crippen molar-refractivity contribution in [3.63, 3.8) is 0 Å². The van der Waals surface area contributed by atoms with Gasteiger partial charge in [-0.05, 0) is 80.1 Å². The first-order valence-corrected chi connectivity index (χ1v) is 14.0. The van der Waals surface area contributed by atoms with Crippen molar-refractivity contribution in [1.82, 2.24) is 4.90 Å². The summed E-state index contributed by atoms with van der Waals surface area (Å²) in [5, 5.41) is 0. The fraction of sp³-hybridized carbons (Fsp3) is 0.500. The van der Waals surface area contributed by atoms with E-state index in [0.29, 0.717) is 23.2 Å². The number of benzene rings is 2. The monoisotopic (exact) mass is 576 g/mol. The van der Waals surface area contributed by atoms with Crippen LogP contribution in [0, 0.1) is 5.92 Å². The summed E-state index contributed by atoms with van der Waals surface area (Å²) < 4.78 is 60.7. The maximum Gasteiger partial charge on any atom is 0.573 e. The lowest BCUT2D eigenvalue weighted by atomic mass is 9.80. The number of esters is 1. The number of anilines is 1. The number of carbonyl (C=O) groups is 3. The van der Waals surface area contributed by atoms with Gasteiger partial charge in [0.15, 0.2) is 0 Å². The lowest BCUT2D eigenvalue weighted by Gasteiger charge is -2.48. The lowest BCUT2D eigenvalue weighted by Crippen LogP contribution is -2.53. The van der Waals surface area contributed by atoms with E-state index in [1.165, 1.54) is 12.1 Å². The minimum absolute atomic E-state index is 0.00116. The number of hydrogen-bond donors (Lipinski definition) is 0. The summed E-state index contributed by atoms with van der Waals surface area (Å²) in [5.41, 5.74) is 1.83.